The van der Waals surface area contributed by atoms with E-state index >= 15 is 0 Å². The number of anilines is 1. The molecule has 0 unspecified atom stereocenters. The minimum Gasteiger partial charge on any atom is -0.399 e. The minimum atomic E-state index is 0.848. The number of hydrogen-bond donors (Lipinski definition) is 2. The summed E-state index contributed by atoms with van der Waals surface area (Å²) in [7, 11) is 0. The number of nitrogen functional groups attached to an aromatic ring is 1. The van der Waals surface area contributed by atoms with E-state index < -0.39 is 0 Å². The lowest BCUT2D eigenvalue weighted by Crippen LogP contribution is -2.08. The number of rotatable bonds is 4. The molecule has 2 heteroatoms. The predicted molar refractivity (Wildman–Crippen MR) is 99.8 cm³/mol. The molecular weight excluding hydrogens is 280 g/mol. The van der Waals surface area contributed by atoms with Crippen LogP contribution in [0.3, 0.4) is 0 Å². The quantitative estimate of drug-likeness (QED) is 0.609. The maximum atomic E-state index is 6.28. The van der Waals surface area contributed by atoms with Crippen LogP contribution in [0.25, 0.3) is 6.08 Å². The van der Waals surface area contributed by atoms with Gasteiger partial charge in [-0.15, -0.1) is 0 Å². The molecule has 23 heavy (non-hydrogen) atoms. The average Bonchev–Trinajstić information content (AvgIpc) is 2.59. The molecule has 0 atom stereocenters. The highest BCUT2D eigenvalue weighted by Crippen LogP contribution is 2.30. The van der Waals surface area contributed by atoms with Gasteiger partial charge in [-0.1, -0.05) is 56.4 Å². The molecule has 0 amide bonds. The first-order chi connectivity index (χ1) is 11.2. The normalized spacial score (nSPS) is 19.7. The van der Waals surface area contributed by atoms with E-state index in [1.54, 1.807) is 0 Å². The first kappa shape index (κ1) is 15.9. The van der Waals surface area contributed by atoms with Crippen LogP contribution in [0.1, 0.15) is 56.1 Å². The smallest absolute Gasteiger partial charge is 0.0390 e. The van der Waals surface area contributed by atoms with Gasteiger partial charge in [0.2, 0.25) is 0 Å². The van der Waals surface area contributed by atoms with Crippen molar-refractivity contribution in [3.05, 3.63) is 58.8 Å². The molecule has 0 radical (unpaired) electrons. The van der Waals surface area contributed by atoms with Crippen molar-refractivity contribution in [3.63, 3.8) is 0 Å². The Bertz CT molecular complexity index is 631. The van der Waals surface area contributed by atoms with Crippen molar-refractivity contribution in [1.82, 2.24) is 0 Å². The number of fused-ring (bicyclic) bond motifs is 1. The maximum absolute atomic E-state index is 6.28. The van der Waals surface area contributed by atoms with Gasteiger partial charge < -0.3 is 11.5 Å². The molecule has 0 heterocycles. The van der Waals surface area contributed by atoms with Crippen molar-refractivity contribution in [3.8, 4) is 0 Å². The van der Waals surface area contributed by atoms with Crippen LogP contribution in [0.4, 0.5) is 5.69 Å². The second kappa shape index (κ2) is 7.54. The molecule has 0 bridgehead atoms. The molecule has 0 spiro atoms. The summed E-state index contributed by atoms with van der Waals surface area (Å²) in [6, 6.07) is 6.14. The van der Waals surface area contributed by atoms with E-state index in [-0.39, 0.29) is 0 Å². The molecular formula is C21H28N2. The van der Waals surface area contributed by atoms with Crippen LogP contribution in [0.2, 0.25) is 0 Å². The number of aryl methyl sites for hydroxylation is 1. The molecule has 2 nitrogen and oxygen atoms in total. The zero-order valence-corrected chi connectivity index (χ0v) is 13.9. The van der Waals surface area contributed by atoms with E-state index in [1.165, 1.54) is 49.7 Å². The lowest BCUT2D eigenvalue weighted by molar-refractivity contribution is 0.361. The minimum absolute atomic E-state index is 0.848. The summed E-state index contributed by atoms with van der Waals surface area (Å²) in [5.41, 5.74) is 17.8. The van der Waals surface area contributed by atoms with Crippen LogP contribution in [0.5, 0.6) is 0 Å². The zero-order valence-electron chi connectivity index (χ0n) is 13.9. The van der Waals surface area contributed by atoms with E-state index in [0.29, 0.717) is 0 Å². The van der Waals surface area contributed by atoms with Gasteiger partial charge in [0.15, 0.2) is 0 Å². The third kappa shape index (κ3) is 4.07. The van der Waals surface area contributed by atoms with E-state index in [2.05, 4.69) is 30.4 Å². The second-order valence-electron chi connectivity index (χ2n) is 6.88. The molecule has 4 N–H and O–H groups in total. The van der Waals surface area contributed by atoms with Gasteiger partial charge in [0.1, 0.15) is 0 Å². The van der Waals surface area contributed by atoms with Gasteiger partial charge in [0.25, 0.3) is 0 Å². The van der Waals surface area contributed by atoms with Crippen LogP contribution < -0.4 is 11.5 Å². The average molecular weight is 308 g/mol. The van der Waals surface area contributed by atoms with E-state index in [1.807, 2.05) is 12.1 Å². The Balaban J connectivity index is 1.63. The Morgan fingerprint density at radius 3 is 2.78 bits per heavy atom. The summed E-state index contributed by atoms with van der Waals surface area (Å²) in [4.78, 5) is 0. The Labute approximate surface area is 140 Å². The molecule has 1 saturated carbocycles. The molecule has 1 aromatic carbocycles. The SMILES string of the molecule is N/C(=C\C=C/CC1CCCCC1)C1=Cc2c(N)cccc2CC1. The summed E-state index contributed by atoms with van der Waals surface area (Å²) in [6.07, 6.45) is 18.9. The van der Waals surface area contributed by atoms with Gasteiger partial charge in [-0.3, -0.25) is 0 Å². The second-order valence-corrected chi connectivity index (χ2v) is 6.88. The Morgan fingerprint density at radius 2 is 1.96 bits per heavy atom. The van der Waals surface area contributed by atoms with Gasteiger partial charge >= 0.3 is 0 Å². The first-order valence-corrected chi connectivity index (χ1v) is 8.94. The van der Waals surface area contributed by atoms with Crippen LogP contribution >= 0.6 is 0 Å². The molecule has 122 valence electrons. The molecule has 2 aliphatic rings. The highest BCUT2D eigenvalue weighted by atomic mass is 14.6. The molecule has 0 aliphatic heterocycles. The van der Waals surface area contributed by atoms with Crippen LogP contribution in [-0.2, 0) is 6.42 Å². The Hall–Kier alpha value is -1.96. The van der Waals surface area contributed by atoms with Gasteiger partial charge in [-0.05, 0) is 54.5 Å². The van der Waals surface area contributed by atoms with Gasteiger partial charge in [-0.25, -0.2) is 0 Å². The fourth-order valence-electron chi connectivity index (χ4n) is 3.74. The third-order valence-electron chi connectivity index (χ3n) is 5.19. The summed E-state index contributed by atoms with van der Waals surface area (Å²) in [5, 5.41) is 0. The summed E-state index contributed by atoms with van der Waals surface area (Å²) < 4.78 is 0. The van der Waals surface area contributed by atoms with Crippen molar-refractivity contribution >= 4 is 11.8 Å². The zero-order chi connectivity index (χ0) is 16.1. The standard InChI is InChI=1S/C21H28N2/c22-20(11-5-4-9-16-7-2-1-3-8-16)18-14-13-17-10-6-12-21(23)19(17)15-18/h4-6,10-12,15-16H,1-3,7-9,13-14,22-23H2/b5-4-,20-11-. The summed E-state index contributed by atoms with van der Waals surface area (Å²) in [5.74, 6) is 0.884. The first-order valence-electron chi connectivity index (χ1n) is 8.94. The molecule has 1 aromatic rings. The molecule has 0 saturated heterocycles. The van der Waals surface area contributed by atoms with Crippen molar-refractivity contribution < 1.29 is 0 Å². The van der Waals surface area contributed by atoms with Crippen molar-refractivity contribution in [2.75, 3.05) is 5.73 Å². The van der Waals surface area contributed by atoms with E-state index in [9.17, 15) is 0 Å². The third-order valence-corrected chi connectivity index (χ3v) is 5.19. The van der Waals surface area contributed by atoms with Gasteiger partial charge in [0.05, 0.1) is 0 Å². The lowest BCUT2D eigenvalue weighted by Gasteiger charge is -2.19. The predicted octanol–water partition coefficient (Wildman–Crippen LogP) is 4.97. The Kier molecular flexibility index (Phi) is 5.22. The van der Waals surface area contributed by atoms with E-state index in [4.69, 9.17) is 11.5 Å². The van der Waals surface area contributed by atoms with Crippen molar-refractivity contribution in [2.24, 2.45) is 11.7 Å². The van der Waals surface area contributed by atoms with Gasteiger partial charge in [-0.2, -0.15) is 0 Å². The van der Waals surface area contributed by atoms with Crippen LogP contribution in [0, 0.1) is 5.92 Å². The Morgan fingerprint density at radius 1 is 1.13 bits per heavy atom. The number of nitrogens with two attached hydrogens (primary N) is 2. The number of hydrogen-bond acceptors (Lipinski definition) is 2. The molecule has 1 fully saturated rings. The largest absolute Gasteiger partial charge is 0.399 e. The molecule has 0 aromatic heterocycles. The highest BCUT2D eigenvalue weighted by Gasteiger charge is 2.13. The van der Waals surface area contributed by atoms with Gasteiger partial charge in [0, 0.05) is 16.9 Å². The lowest BCUT2D eigenvalue weighted by atomic mass is 9.87. The van der Waals surface area contributed by atoms with Crippen molar-refractivity contribution in [2.45, 2.75) is 51.4 Å². The van der Waals surface area contributed by atoms with Crippen LogP contribution in [-0.4, -0.2) is 0 Å². The number of allylic oxidation sites excluding steroid dienone is 4. The number of benzene rings is 1. The van der Waals surface area contributed by atoms with Crippen molar-refractivity contribution in [1.29, 1.82) is 0 Å². The van der Waals surface area contributed by atoms with E-state index in [0.717, 1.165) is 35.7 Å². The molecule has 3 rings (SSSR count). The molecule has 2 aliphatic carbocycles. The highest BCUT2D eigenvalue weighted by molar-refractivity contribution is 5.73. The van der Waals surface area contributed by atoms with Crippen LogP contribution in [0.15, 0.2) is 47.7 Å². The monoisotopic (exact) mass is 308 g/mol. The topological polar surface area (TPSA) is 52.0 Å². The summed E-state index contributed by atoms with van der Waals surface area (Å²) >= 11 is 0. The summed E-state index contributed by atoms with van der Waals surface area (Å²) in [6.45, 7) is 0. The maximum Gasteiger partial charge on any atom is 0.0390 e. The fraction of sp³-hybridized carbons (Fsp3) is 0.429. The fourth-order valence-corrected chi connectivity index (χ4v) is 3.74.